The molecule has 122 valence electrons. The molecule has 0 aliphatic carbocycles. The molecule has 0 aromatic heterocycles. The van der Waals surface area contributed by atoms with Gasteiger partial charge in [-0.25, -0.2) is 8.42 Å². The first-order valence-corrected chi connectivity index (χ1v) is 9.53. The van der Waals surface area contributed by atoms with Crippen molar-refractivity contribution in [3.8, 4) is 0 Å². The first-order valence-electron chi connectivity index (χ1n) is 7.99. The molecule has 22 heavy (non-hydrogen) atoms. The molecule has 1 aromatic carbocycles. The highest BCUT2D eigenvalue weighted by atomic mass is 32.2. The molecule has 1 aliphatic heterocycles. The van der Waals surface area contributed by atoms with Gasteiger partial charge in [0, 0.05) is 0 Å². The van der Waals surface area contributed by atoms with Crippen molar-refractivity contribution in [1.82, 2.24) is 4.90 Å². The van der Waals surface area contributed by atoms with E-state index in [2.05, 4.69) is 6.58 Å². The van der Waals surface area contributed by atoms with E-state index < -0.39 is 15.2 Å². The minimum Gasteiger partial charge on any atom is -0.330 e. The number of hydrogen-bond donors (Lipinski definition) is 1. The molecule has 1 aromatic rings. The molecule has 4 nitrogen and oxygen atoms in total. The second-order valence-corrected chi connectivity index (χ2v) is 7.85. The average molecular weight is 322 g/mol. The van der Waals surface area contributed by atoms with Gasteiger partial charge in [-0.05, 0) is 63.0 Å². The first-order chi connectivity index (χ1) is 10.6. The Hall–Kier alpha value is -1.17. The van der Waals surface area contributed by atoms with Crippen LogP contribution in [0.5, 0.6) is 0 Å². The van der Waals surface area contributed by atoms with Crippen LogP contribution in [0.2, 0.25) is 0 Å². The van der Waals surface area contributed by atoms with E-state index in [1.54, 1.807) is 18.2 Å². The predicted octanol–water partition coefficient (Wildman–Crippen LogP) is 2.35. The molecule has 2 rings (SSSR count). The molecule has 0 radical (unpaired) electrons. The summed E-state index contributed by atoms with van der Waals surface area (Å²) in [7, 11) is -3.42. The summed E-state index contributed by atoms with van der Waals surface area (Å²) in [5, 5.41) is -0.627. The molecule has 1 heterocycles. The summed E-state index contributed by atoms with van der Waals surface area (Å²) in [5.41, 5.74) is 6.55. The fourth-order valence-electron chi connectivity index (χ4n) is 2.97. The Morgan fingerprint density at radius 2 is 2.00 bits per heavy atom. The summed E-state index contributed by atoms with van der Waals surface area (Å²) in [4.78, 5) is 2.41. The molecule has 1 unspecified atom stereocenters. The highest BCUT2D eigenvalue weighted by Gasteiger charge is 2.31. The zero-order valence-electron chi connectivity index (χ0n) is 13.1. The van der Waals surface area contributed by atoms with Crippen molar-refractivity contribution in [2.24, 2.45) is 5.73 Å². The standard InChI is InChI=1S/C17H26N2O2S/c1-2-17(19-12-4-3-5-13-19)22(20,21)16-10-6-8-15(14-16)9-7-11-18/h2,6,8,10,14,17H,1,3-5,7,9,11-13,18H2. The molecule has 1 aliphatic rings. The zero-order chi connectivity index (χ0) is 16.0. The molecule has 0 bridgehead atoms. The van der Waals surface area contributed by atoms with Gasteiger partial charge in [-0.1, -0.05) is 24.6 Å². The van der Waals surface area contributed by atoms with Gasteiger partial charge in [-0.15, -0.1) is 6.58 Å². The maximum Gasteiger partial charge on any atom is 0.198 e. The highest BCUT2D eigenvalue weighted by Crippen LogP contribution is 2.24. The number of aryl methyl sites for hydroxylation is 1. The van der Waals surface area contributed by atoms with Crippen LogP contribution in [0, 0.1) is 0 Å². The van der Waals surface area contributed by atoms with Crippen molar-refractivity contribution in [3.05, 3.63) is 42.5 Å². The molecule has 0 spiro atoms. The zero-order valence-corrected chi connectivity index (χ0v) is 13.9. The Kier molecular flexibility index (Phi) is 6.17. The lowest BCUT2D eigenvalue weighted by atomic mass is 10.1. The second kappa shape index (κ2) is 7.90. The Bertz CT molecular complexity index is 592. The van der Waals surface area contributed by atoms with Crippen molar-refractivity contribution < 1.29 is 8.42 Å². The molecule has 2 N–H and O–H groups in total. The first kappa shape index (κ1) is 17.2. The van der Waals surface area contributed by atoms with E-state index in [0.29, 0.717) is 11.4 Å². The number of rotatable bonds is 7. The van der Waals surface area contributed by atoms with Crippen molar-refractivity contribution in [1.29, 1.82) is 0 Å². The van der Waals surface area contributed by atoms with Gasteiger partial charge in [-0.3, -0.25) is 4.90 Å². The summed E-state index contributed by atoms with van der Waals surface area (Å²) < 4.78 is 25.9. The van der Waals surface area contributed by atoms with Crippen molar-refractivity contribution in [2.45, 2.75) is 42.4 Å². The minimum atomic E-state index is -3.42. The van der Waals surface area contributed by atoms with Gasteiger partial charge in [-0.2, -0.15) is 0 Å². The SMILES string of the molecule is C=CC(N1CCCCC1)S(=O)(=O)c1cccc(CCCN)c1. The number of hydrogen-bond acceptors (Lipinski definition) is 4. The van der Waals surface area contributed by atoms with Crippen LogP contribution in [-0.4, -0.2) is 38.3 Å². The van der Waals surface area contributed by atoms with Gasteiger partial charge < -0.3 is 5.73 Å². The van der Waals surface area contributed by atoms with Crippen LogP contribution < -0.4 is 5.73 Å². The Labute approximate surface area is 133 Å². The number of nitrogens with zero attached hydrogens (tertiary/aromatic N) is 1. The third-order valence-electron chi connectivity index (χ3n) is 4.17. The summed E-state index contributed by atoms with van der Waals surface area (Å²) in [6, 6.07) is 7.24. The molecule has 0 saturated carbocycles. The van der Waals surface area contributed by atoms with Crippen LogP contribution in [0.25, 0.3) is 0 Å². The monoisotopic (exact) mass is 322 g/mol. The lowest BCUT2D eigenvalue weighted by Gasteiger charge is -2.32. The largest absolute Gasteiger partial charge is 0.330 e. The third kappa shape index (κ3) is 3.97. The summed E-state index contributed by atoms with van der Waals surface area (Å²) in [6.07, 6.45) is 6.51. The van der Waals surface area contributed by atoms with Gasteiger partial charge in [0.2, 0.25) is 0 Å². The van der Waals surface area contributed by atoms with Crippen molar-refractivity contribution in [3.63, 3.8) is 0 Å². The minimum absolute atomic E-state index is 0.387. The van der Waals surface area contributed by atoms with E-state index >= 15 is 0 Å². The van der Waals surface area contributed by atoms with Gasteiger partial charge in [0.1, 0.15) is 5.37 Å². The van der Waals surface area contributed by atoms with E-state index in [1.807, 2.05) is 17.0 Å². The Balaban J connectivity index is 2.25. The number of nitrogens with two attached hydrogens (primary N) is 1. The number of piperidine rings is 1. The lowest BCUT2D eigenvalue weighted by Crippen LogP contribution is -2.42. The third-order valence-corrected chi connectivity index (χ3v) is 6.20. The fourth-order valence-corrected chi connectivity index (χ4v) is 4.69. The normalized spacial score (nSPS) is 18.0. The average Bonchev–Trinajstić information content (AvgIpc) is 2.54. The fraction of sp³-hybridized carbons (Fsp3) is 0.529. The topological polar surface area (TPSA) is 63.4 Å². The predicted molar refractivity (Wildman–Crippen MR) is 90.4 cm³/mol. The molecule has 1 fully saturated rings. The van der Waals surface area contributed by atoms with Crippen molar-refractivity contribution >= 4 is 9.84 Å². The Morgan fingerprint density at radius 3 is 2.64 bits per heavy atom. The van der Waals surface area contributed by atoms with Gasteiger partial charge in [0.25, 0.3) is 0 Å². The molecule has 1 atom stereocenters. The van der Waals surface area contributed by atoms with Crippen LogP contribution in [0.3, 0.4) is 0 Å². The van der Waals surface area contributed by atoms with E-state index in [9.17, 15) is 8.42 Å². The number of benzene rings is 1. The number of sulfone groups is 1. The van der Waals surface area contributed by atoms with Crippen LogP contribution in [0.15, 0.2) is 41.8 Å². The quantitative estimate of drug-likeness (QED) is 0.783. The summed E-state index contributed by atoms with van der Waals surface area (Å²) in [6.45, 7) is 6.02. The summed E-state index contributed by atoms with van der Waals surface area (Å²) in [5.74, 6) is 0. The maximum atomic E-state index is 13.0. The van der Waals surface area contributed by atoms with Crippen LogP contribution in [0.1, 0.15) is 31.2 Å². The van der Waals surface area contributed by atoms with Crippen molar-refractivity contribution in [2.75, 3.05) is 19.6 Å². The van der Waals surface area contributed by atoms with Crippen LogP contribution >= 0.6 is 0 Å². The van der Waals surface area contributed by atoms with Crippen LogP contribution in [-0.2, 0) is 16.3 Å². The molecule has 0 amide bonds. The molecule has 1 saturated heterocycles. The highest BCUT2D eigenvalue weighted by molar-refractivity contribution is 7.92. The second-order valence-electron chi connectivity index (χ2n) is 5.81. The lowest BCUT2D eigenvalue weighted by molar-refractivity contribution is 0.229. The summed E-state index contributed by atoms with van der Waals surface area (Å²) >= 11 is 0. The van der Waals surface area contributed by atoms with E-state index in [4.69, 9.17) is 5.73 Å². The van der Waals surface area contributed by atoms with E-state index in [0.717, 1.165) is 44.3 Å². The van der Waals surface area contributed by atoms with Crippen LogP contribution in [0.4, 0.5) is 0 Å². The molecular weight excluding hydrogens is 296 g/mol. The molecule has 5 heteroatoms. The van der Waals surface area contributed by atoms with Gasteiger partial charge >= 0.3 is 0 Å². The number of likely N-dealkylation sites (tertiary alicyclic amines) is 1. The van der Waals surface area contributed by atoms with Gasteiger partial charge in [0.05, 0.1) is 4.90 Å². The van der Waals surface area contributed by atoms with Gasteiger partial charge in [0.15, 0.2) is 9.84 Å². The maximum absolute atomic E-state index is 13.0. The van der Waals surface area contributed by atoms with E-state index in [-0.39, 0.29) is 0 Å². The Morgan fingerprint density at radius 1 is 1.27 bits per heavy atom. The smallest absolute Gasteiger partial charge is 0.198 e. The molecular formula is C17H26N2O2S. The van der Waals surface area contributed by atoms with E-state index in [1.165, 1.54) is 6.42 Å².